The van der Waals surface area contributed by atoms with Crippen molar-refractivity contribution in [2.45, 2.75) is 13.3 Å². The summed E-state index contributed by atoms with van der Waals surface area (Å²) < 4.78 is 39.2. The molecule has 1 aliphatic heterocycles. The fourth-order valence-electron chi connectivity index (χ4n) is 2.39. The van der Waals surface area contributed by atoms with Crippen LogP contribution in [-0.2, 0) is 15.0 Å². The van der Waals surface area contributed by atoms with Crippen molar-refractivity contribution in [3.63, 3.8) is 0 Å². The SMILES string of the molecule is COc1nccc(C)c1N1CC(CS(=O)(=O)F)CC1=O. The van der Waals surface area contributed by atoms with E-state index in [9.17, 15) is 17.1 Å². The van der Waals surface area contributed by atoms with Crippen LogP contribution in [0.1, 0.15) is 12.0 Å². The van der Waals surface area contributed by atoms with Gasteiger partial charge in [-0.05, 0) is 18.6 Å². The van der Waals surface area contributed by atoms with E-state index in [1.807, 2.05) is 0 Å². The van der Waals surface area contributed by atoms with Crippen molar-refractivity contribution in [2.75, 3.05) is 24.3 Å². The summed E-state index contributed by atoms with van der Waals surface area (Å²) in [6, 6.07) is 1.73. The maximum Gasteiger partial charge on any atom is 0.302 e. The Bertz CT molecular complexity index is 632. The second-order valence-electron chi connectivity index (χ2n) is 4.77. The van der Waals surface area contributed by atoms with Crippen molar-refractivity contribution >= 4 is 21.8 Å². The van der Waals surface area contributed by atoms with E-state index in [1.165, 1.54) is 12.0 Å². The molecule has 1 atom stereocenters. The number of hydrogen-bond donors (Lipinski definition) is 0. The van der Waals surface area contributed by atoms with Crippen molar-refractivity contribution in [3.8, 4) is 5.88 Å². The van der Waals surface area contributed by atoms with Gasteiger partial charge in [0.1, 0.15) is 5.69 Å². The summed E-state index contributed by atoms with van der Waals surface area (Å²) in [4.78, 5) is 17.5. The maximum absolute atomic E-state index is 12.7. The number of halogens is 1. The number of hydrogen-bond acceptors (Lipinski definition) is 5. The number of ether oxygens (including phenoxy) is 1. The third-order valence-corrected chi connectivity index (χ3v) is 4.07. The molecule has 1 unspecified atom stereocenters. The lowest BCUT2D eigenvalue weighted by Crippen LogP contribution is -2.27. The molecule has 0 spiro atoms. The van der Waals surface area contributed by atoms with Gasteiger partial charge in [0.15, 0.2) is 0 Å². The summed E-state index contributed by atoms with van der Waals surface area (Å²) in [7, 11) is -3.15. The summed E-state index contributed by atoms with van der Waals surface area (Å²) in [5.41, 5.74) is 1.30. The lowest BCUT2D eigenvalue weighted by atomic mass is 10.1. The summed E-state index contributed by atoms with van der Waals surface area (Å²) in [6.07, 6.45) is 1.56. The summed E-state index contributed by atoms with van der Waals surface area (Å²) in [6.45, 7) is 1.94. The van der Waals surface area contributed by atoms with E-state index in [1.54, 1.807) is 19.2 Å². The number of aromatic nitrogens is 1. The first-order valence-corrected chi connectivity index (χ1v) is 7.59. The van der Waals surface area contributed by atoms with Crippen molar-refractivity contribution in [1.82, 2.24) is 4.98 Å². The molecule has 1 aliphatic rings. The molecule has 110 valence electrons. The largest absolute Gasteiger partial charge is 0.480 e. The summed E-state index contributed by atoms with van der Waals surface area (Å²) in [5.74, 6) is -1.16. The quantitative estimate of drug-likeness (QED) is 0.777. The zero-order valence-electron chi connectivity index (χ0n) is 11.2. The number of nitrogens with zero attached hydrogens (tertiary/aromatic N) is 2. The number of methoxy groups -OCH3 is 1. The van der Waals surface area contributed by atoms with Crippen LogP contribution in [0, 0.1) is 12.8 Å². The van der Waals surface area contributed by atoms with Gasteiger partial charge in [-0.2, -0.15) is 8.42 Å². The van der Waals surface area contributed by atoms with Crippen LogP contribution in [0.15, 0.2) is 12.3 Å². The van der Waals surface area contributed by atoms with Gasteiger partial charge in [0.25, 0.3) is 0 Å². The number of anilines is 1. The average Bonchev–Trinajstić information content (AvgIpc) is 2.67. The zero-order chi connectivity index (χ0) is 14.9. The van der Waals surface area contributed by atoms with E-state index in [-0.39, 0.29) is 18.9 Å². The predicted molar refractivity (Wildman–Crippen MR) is 70.9 cm³/mol. The molecule has 1 amide bonds. The van der Waals surface area contributed by atoms with Crippen molar-refractivity contribution in [2.24, 2.45) is 5.92 Å². The highest BCUT2D eigenvalue weighted by Gasteiger charge is 2.35. The minimum Gasteiger partial charge on any atom is -0.480 e. The van der Waals surface area contributed by atoms with Gasteiger partial charge in [-0.3, -0.25) is 4.79 Å². The Morgan fingerprint density at radius 1 is 1.55 bits per heavy atom. The molecule has 1 fully saturated rings. The molecule has 2 rings (SSSR count). The molecule has 1 aromatic rings. The normalized spacial score (nSPS) is 19.4. The Balaban J connectivity index is 2.29. The first-order valence-electron chi connectivity index (χ1n) is 6.04. The van der Waals surface area contributed by atoms with Crippen molar-refractivity contribution in [3.05, 3.63) is 17.8 Å². The van der Waals surface area contributed by atoms with Gasteiger partial charge in [0.05, 0.1) is 12.9 Å². The third-order valence-electron chi connectivity index (χ3n) is 3.20. The van der Waals surface area contributed by atoms with Gasteiger partial charge in [0, 0.05) is 25.1 Å². The second kappa shape index (κ2) is 5.35. The van der Waals surface area contributed by atoms with Gasteiger partial charge in [0.2, 0.25) is 11.8 Å². The van der Waals surface area contributed by atoms with Crippen molar-refractivity contribution < 1.29 is 21.8 Å². The Morgan fingerprint density at radius 2 is 2.25 bits per heavy atom. The van der Waals surface area contributed by atoms with Crippen LogP contribution in [0.2, 0.25) is 0 Å². The molecule has 0 saturated carbocycles. The summed E-state index contributed by atoms with van der Waals surface area (Å²) >= 11 is 0. The number of rotatable bonds is 4. The molecule has 0 aliphatic carbocycles. The van der Waals surface area contributed by atoms with Gasteiger partial charge in [-0.25, -0.2) is 4.98 Å². The number of amides is 1. The monoisotopic (exact) mass is 302 g/mol. The predicted octanol–water partition coefficient (Wildman–Crippen LogP) is 1.05. The first kappa shape index (κ1) is 14.7. The van der Waals surface area contributed by atoms with E-state index in [2.05, 4.69) is 4.98 Å². The number of pyridine rings is 1. The lowest BCUT2D eigenvalue weighted by molar-refractivity contribution is -0.117. The minimum absolute atomic E-state index is 0.000634. The van der Waals surface area contributed by atoms with Gasteiger partial charge >= 0.3 is 10.2 Å². The number of carbonyl (C=O) groups is 1. The molecule has 1 saturated heterocycles. The van der Waals surface area contributed by atoms with Crippen LogP contribution in [-0.4, -0.2) is 38.7 Å². The molecule has 0 aromatic carbocycles. The highest BCUT2D eigenvalue weighted by molar-refractivity contribution is 7.86. The van der Waals surface area contributed by atoms with E-state index >= 15 is 0 Å². The molecule has 20 heavy (non-hydrogen) atoms. The Morgan fingerprint density at radius 3 is 2.85 bits per heavy atom. The van der Waals surface area contributed by atoms with Crippen LogP contribution in [0.3, 0.4) is 0 Å². The second-order valence-corrected chi connectivity index (χ2v) is 6.18. The molecular weight excluding hydrogens is 287 g/mol. The molecular formula is C12H15FN2O4S. The van der Waals surface area contributed by atoms with Crippen molar-refractivity contribution in [1.29, 1.82) is 0 Å². The highest BCUT2D eigenvalue weighted by atomic mass is 32.3. The fourth-order valence-corrected chi connectivity index (χ4v) is 3.18. The zero-order valence-corrected chi connectivity index (χ0v) is 12.0. The smallest absolute Gasteiger partial charge is 0.302 e. The molecule has 6 nitrogen and oxygen atoms in total. The van der Waals surface area contributed by atoms with Crippen LogP contribution in [0.5, 0.6) is 5.88 Å². The Labute approximate surface area is 116 Å². The highest BCUT2D eigenvalue weighted by Crippen LogP contribution is 2.34. The maximum atomic E-state index is 12.7. The molecule has 0 radical (unpaired) electrons. The number of aryl methyl sites for hydroxylation is 1. The summed E-state index contributed by atoms with van der Waals surface area (Å²) in [5, 5.41) is 0. The standard InChI is InChI=1S/C12H15FN2O4S/c1-8-3-4-14-12(19-2)11(8)15-6-9(5-10(15)16)7-20(13,17)18/h3-4,9H,5-7H2,1-2H3. The topological polar surface area (TPSA) is 76.6 Å². The molecule has 2 heterocycles. The number of carbonyl (C=O) groups excluding carboxylic acids is 1. The lowest BCUT2D eigenvalue weighted by Gasteiger charge is -2.20. The van der Waals surface area contributed by atoms with Gasteiger partial charge in [-0.15, -0.1) is 3.89 Å². The first-order chi connectivity index (χ1) is 9.31. The van der Waals surface area contributed by atoms with Gasteiger partial charge < -0.3 is 9.64 Å². The minimum atomic E-state index is -4.59. The van der Waals surface area contributed by atoms with E-state index in [0.717, 1.165) is 5.56 Å². The van der Waals surface area contributed by atoms with Crippen LogP contribution >= 0.6 is 0 Å². The Hall–Kier alpha value is -1.70. The molecule has 8 heteroatoms. The molecule has 0 N–H and O–H groups in total. The van der Waals surface area contributed by atoms with Crippen LogP contribution in [0.25, 0.3) is 0 Å². The van der Waals surface area contributed by atoms with E-state index in [4.69, 9.17) is 4.74 Å². The fraction of sp³-hybridized carbons (Fsp3) is 0.500. The van der Waals surface area contributed by atoms with E-state index < -0.39 is 21.9 Å². The van der Waals surface area contributed by atoms with Gasteiger partial charge in [-0.1, -0.05) is 0 Å². The molecule has 1 aromatic heterocycles. The Kier molecular flexibility index (Phi) is 3.94. The third kappa shape index (κ3) is 3.06. The molecule has 0 bridgehead atoms. The van der Waals surface area contributed by atoms with E-state index in [0.29, 0.717) is 11.6 Å². The van der Waals surface area contributed by atoms with Crippen LogP contribution < -0.4 is 9.64 Å². The average molecular weight is 302 g/mol. The van der Waals surface area contributed by atoms with Crippen LogP contribution in [0.4, 0.5) is 9.57 Å².